The average Bonchev–Trinajstić information content (AvgIpc) is 2.58. The molecule has 0 aromatic heterocycles. The van der Waals surface area contributed by atoms with Crippen molar-refractivity contribution in [1.29, 1.82) is 0 Å². The fourth-order valence-corrected chi connectivity index (χ4v) is 2.55. The van der Waals surface area contributed by atoms with E-state index in [2.05, 4.69) is 10.6 Å². The van der Waals surface area contributed by atoms with E-state index in [-0.39, 0.29) is 6.42 Å². The summed E-state index contributed by atoms with van der Waals surface area (Å²) in [4.78, 5) is 49.2. The van der Waals surface area contributed by atoms with E-state index in [1.165, 1.54) is 0 Å². The molecule has 0 heterocycles. The second-order valence-corrected chi connectivity index (χ2v) is 9.14. The molecule has 0 fully saturated rings. The Morgan fingerprint density at radius 1 is 0.871 bits per heavy atom. The molecule has 0 saturated carbocycles. The van der Waals surface area contributed by atoms with Gasteiger partial charge in [0.1, 0.15) is 23.3 Å². The van der Waals surface area contributed by atoms with Gasteiger partial charge in [-0.25, -0.2) is 4.79 Å². The molecule has 9 heteroatoms. The molecular formula is C22H33N3O6. The van der Waals surface area contributed by atoms with Crippen molar-refractivity contribution in [2.75, 3.05) is 0 Å². The normalized spacial score (nSPS) is 13.5. The number of amides is 3. The fraction of sp³-hybridized carbons (Fsp3) is 0.545. The predicted molar refractivity (Wildman–Crippen MR) is 115 cm³/mol. The molecule has 0 spiro atoms. The lowest BCUT2D eigenvalue weighted by Gasteiger charge is -2.25. The van der Waals surface area contributed by atoms with Crippen LogP contribution in [0.4, 0.5) is 4.79 Å². The minimum atomic E-state index is -1.32. The summed E-state index contributed by atoms with van der Waals surface area (Å²) < 4.78 is 10.4. The molecule has 9 nitrogen and oxygen atoms in total. The quantitative estimate of drug-likeness (QED) is 0.533. The van der Waals surface area contributed by atoms with E-state index in [0.717, 1.165) is 5.56 Å². The summed E-state index contributed by atoms with van der Waals surface area (Å²) in [5, 5.41) is 4.88. The first kappa shape index (κ1) is 25.9. The van der Waals surface area contributed by atoms with Crippen LogP contribution in [0.15, 0.2) is 30.3 Å². The van der Waals surface area contributed by atoms with Crippen LogP contribution in [0.5, 0.6) is 0 Å². The van der Waals surface area contributed by atoms with E-state index >= 15 is 0 Å². The SMILES string of the molecule is CC(C)(C)OC(=O)C[C@@H](NC(=O)OC(C)(C)C)C(=O)N[C@H](Cc1ccccc1)C(N)=O. The van der Waals surface area contributed by atoms with Crippen molar-refractivity contribution in [3.8, 4) is 0 Å². The Morgan fingerprint density at radius 3 is 1.90 bits per heavy atom. The number of hydrogen-bond acceptors (Lipinski definition) is 6. The highest BCUT2D eigenvalue weighted by molar-refractivity contribution is 5.93. The molecule has 4 N–H and O–H groups in total. The number of carbonyl (C=O) groups is 4. The van der Waals surface area contributed by atoms with Crippen LogP contribution in [0, 0.1) is 0 Å². The number of nitrogens with two attached hydrogens (primary N) is 1. The van der Waals surface area contributed by atoms with Crippen LogP contribution >= 0.6 is 0 Å². The molecule has 172 valence electrons. The summed E-state index contributed by atoms with van der Waals surface area (Å²) in [6.45, 7) is 10.0. The lowest BCUT2D eigenvalue weighted by molar-refractivity contribution is -0.156. The smallest absolute Gasteiger partial charge is 0.408 e. The minimum Gasteiger partial charge on any atom is -0.460 e. The molecule has 0 aliphatic rings. The summed E-state index contributed by atoms with van der Waals surface area (Å²) >= 11 is 0. The van der Waals surface area contributed by atoms with Crippen LogP contribution in [0.2, 0.25) is 0 Å². The number of benzene rings is 1. The molecule has 1 aromatic carbocycles. The van der Waals surface area contributed by atoms with Gasteiger partial charge in [0.05, 0.1) is 6.42 Å². The first-order chi connectivity index (χ1) is 14.2. The van der Waals surface area contributed by atoms with Gasteiger partial charge in [0.25, 0.3) is 0 Å². The molecule has 0 radical (unpaired) electrons. The first-order valence-electron chi connectivity index (χ1n) is 10.0. The summed E-state index contributed by atoms with van der Waals surface area (Å²) in [5.74, 6) is -2.19. The number of rotatable bonds is 8. The van der Waals surface area contributed by atoms with Crippen molar-refractivity contribution < 1.29 is 28.7 Å². The van der Waals surface area contributed by atoms with Crippen molar-refractivity contribution in [3.05, 3.63) is 35.9 Å². The van der Waals surface area contributed by atoms with E-state index in [1.807, 2.05) is 6.07 Å². The van der Waals surface area contributed by atoms with Crippen LogP contribution in [-0.4, -0.2) is 47.2 Å². The lowest BCUT2D eigenvalue weighted by atomic mass is 10.0. The first-order valence-corrected chi connectivity index (χ1v) is 10.0. The molecule has 0 aliphatic heterocycles. The number of primary amides is 1. The maximum atomic E-state index is 12.9. The second kappa shape index (κ2) is 10.8. The molecule has 31 heavy (non-hydrogen) atoms. The van der Waals surface area contributed by atoms with E-state index in [4.69, 9.17) is 15.2 Å². The summed E-state index contributed by atoms with van der Waals surface area (Å²) in [6.07, 6.45) is -1.16. The highest BCUT2D eigenvalue weighted by Gasteiger charge is 2.31. The molecule has 0 aliphatic carbocycles. The Labute approximate surface area is 183 Å². The van der Waals surface area contributed by atoms with Gasteiger partial charge in [0.15, 0.2) is 0 Å². The van der Waals surface area contributed by atoms with Gasteiger partial charge in [-0.1, -0.05) is 30.3 Å². The topological polar surface area (TPSA) is 137 Å². The van der Waals surface area contributed by atoms with Crippen LogP contribution in [-0.2, 0) is 30.3 Å². The van der Waals surface area contributed by atoms with E-state index in [1.54, 1.807) is 65.8 Å². The van der Waals surface area contributed by atoms with Gasteiger partial charge < -0.3 is 25.8 Å². The standard InChI is InChI=1S/C22H33N3O6/c1-21(2,3)30-17(26)13-16(25-20(29)31-22(4,5)6)19(28)24-15(18(23)27)12-14-10-8-7-9-11-14/h7-11,15-16H,12-13H2,1-6H3,(H2,23,27)(H,24,28)(H,25,29)/t15-,16-/m1/s1. The van der Waals surface area contributed by atoms with Crippen molar-refractivity contribution in [2.24, 2.45) is 5.73 Å². The lowest BCUT2D eigenvalue weighted by Crippen LogP contribution is -2.54. The Bertz CT molecular complexity index is 751. The highest BCUT2D eigenvalue weighted by Crippen LogP contribution is 2.12. The average molecular weight is 436 g/mol. The number of esters is 1. The van der Waals surface area contributed by atoms with Crippen molar-refractivity contribution in [2.45, 2.75) is 77.7 Å². The summed E-state index contributed by atoms with van der Waals surface area (Å²) in [7, 11) is 0. The van der Waals surface area contributed by atoms with Crippen LogP contribution in [0.3, 0.4) is 0 Å². The van der Waals surface area contributed by atoms with Crippen molar-refractivity contribution in [3.63, 3.8) is 0 Å². The largest absolute Gasteiger partial charge is 0.460 e. The van der Waals surface area contributed by atoms with E-state index in [9.17, 15) is 19.2 Å². The molecule has 1 aromatic rings. The molecular weight excluding hydrogens is 402 g/mol. The second-order valence-electron chi connectivity index (χ2n) is 9.14. The van der Waals surface area contributed by atoms with E-state index in [0.29, 0.717) is 0 Å². The van der Waals surface area contributed by atoms with Crippen LogP contribution < -0.4 is 16.4 Å². The monoisotopic (exact) mass is 435 g/mol. The highest BCUT2D eigenvalue weighted by atomic mass is 16.6. The third-order valence-electron chi connectivity index (χ3n) is 3.74. The zero-order valence-corrected chi connectivity index (χ0v) is 19.0. The maximum absolute atomic E-state index is 12.9. The summed E-state index contributed by atoms with van der Waals surface area (Å²) in [5.41, 5.74) is 4.66. The Hall–Kier alpha value is -3.10. The van der Waals surface area contributed by atoms with Crippen molar-refractivity contribution in [1.82, 2.24) is 10.6 Å². The van der Waals surface area contributed by atoms with Gasteiger partial charge >= 0.3 is 12.1 Å². The van der Waals surface area contributed by atoms with Crippen LogP contribution in [0.1, 0.15) is 53.5 Å². The minimum absolute atomic E-state index is 0.160. The van der Waals surface area contributed by atoms with Gasteiger partial charge in [-0.2, -0.15) is 0 Å². The summed E-state index contributed by atoms with van der Waals surface area (Å²) in [6, 6.07) is 6.65. The number of nitrogens with one attached hydrogen (secondary N) is 2. The third-order valence-corrected chi connectivity index (χ3v) is 3.74. The van der Waals surface area contributed by atoms with Gasteiger partial charge in [-0.15, -0.1) is 0 Å². The zero-order valence-electron chi connectivity index (χ0n) is 19.0. The predicted octanol–water partition coefficient (Wildman–Crippen LogP) is 1.82. The Kier molecular flexibility index (Phi) is 9.02. The van der Waals surface area contributed by atoms with Crippen molar-refractivity contribution >= 4 is 23.9 Å². The van der Waals surface area contributed by atoms with Gasteiger partial charge in [-0.05, 0) is 47.1 Å². The molecule has 0 bridgehead atoms. The van der Waals surface area contributed by atoms with Crippen LogP contribution in [0.25, 0.3) is 0 Å². The number of hydrogen-bond donors (Lipinski definition) is 3. The molecule has 1 rings (SSSR count). The zero-order chi connectivity index (χ0) is 23.8. The fourth-order valence-electron chi connectivity index (χ4n) is 2.55. The van der Waals surface area contributed by atoms with Gasteiger partial charge in [-0.3, -0.25) is 14.4 Å². The molecule has 3 amide bonds. The Morgan fingerprint density at radius 2 is 1.42 bits per heavy atom. The van der Waals surface area contributed by atoms with Gasteiger partial charge in [0.2, 0.25) is 11.8 Å². The van der Waals surface area contributed by atoms with E-state index < -0.39 is 53.6 Å². The number of carbonyl (C=O) groups excluding carboxylic acids is 4. The third kappa shape index (κ3) is 11.0. The molecule has 0 unspecified atom stereocenters. The van der Waals surface area contributed by atoms with Gasteiger partial charge in [0, 0.05) is 6.42 Å². The number of alkyl carbamates (subject to hydrolysis) is 1. The Balaban J connectivity index is 2.96. The molecule has 2 atom stereocenters. The number of ether oxygens (including phenoxy) is 2. The maximum Gasteiger partial charge on any atom is 0.408 e. The molecule has 0 saturated heterocycles.